The predicted molar refractivity (Wildman–Crippen MR) is 71.1 cm³/mol. The van der Waals surface area contributed by atoms with Gasteiger partial charge in [0.2, 0.25) is 0 Å². The van der Waals surface area contributed by atoms with Crippen LogP contribution in [0.1, 0.15) is 49.7 Å². The minimum Gasteiger partial charge on any atom is -0.481 e. The second kappa shape index (κ2) is 6.41. The summed E-state index contributed by atoms with van der Waals surface area (Å²) in [5, 5.41) is 12.0. The molecule has 19 heavy (non-hydrogen) atoms. The number of aryl methyl sites for hydroxylation is 1. The fourth-order valence-electron chi connectivity index (χ4n) is 2.04. The zero-order chi connectivity index (χ0) is 14.5. The number of hydrogen-bond acceptors (Lipinski definition) is 3. The molecule has 106 valence electrons. The lowest BCUT2D eigenvalue weighted by Gasteiger charge is -2.26. The van der Waals surface area contributed by atoms with Crippen LogP contribution in [-0.2, 0) is 11.2 Å². The smallest absolute Gasteiger partial charge is 0.311 e. The average molecular weight is 267 g/mol. The Hall–Kier alpha value is -1.78. The minimum absolute atomic E-state index is 0.127. The summed E-state index contributed by atoms with van der Waals surface area (Å²) in [6.07, 6.45) is 3.05. The van der Waals surface area contributed by atoms with Crippen LogP contribution in [-0.4, -0.2) is 23.5 Å². The third-order valence-corrected chi connectivity index (χ3v) is 3.71. The van der Waals surface area contributed by atoms with Crippen molar-refractivity contribution in [2.45, 2.75) is 40.0 Å². The van der Waals surface area contributed by atoms with Crippen LogP contribution in [0.15, 0.2) is 16.7 Å². The quantitative estimate of drug-likeness (QED) is 0.795. The van der Waals surface area contributed by atoms with Gasteiger partial charge in [0, 0.05) is 13.0 Å². The second-order valence-electron chi connectivity index (χ2n) is 4.59. The fraction of sp³-hybridized carbons (Fsp3) is 0.571. The van der Waals surface area contributed by atoms with E-state index in [4.69, 9.17) is 4.42 Å². The lowest BCUT2D eigenvalue weighted by Crippen LogP contribution is -2.42. The van der Waals surface area contributed by atoms with Crippen molar-refractivity contribution in [3.05, 3.63) is 23.7 Å². The van der Waals surface area contributed by atoms with Gasteiger partial charge in [-0.05, 0) is 18.9 Å². The SMILES string of the molecule is CCc1occc1C(=O)NCC(CC)(CC)C(=O)O. The van der Waals surface area contributed by atoms with Gasteiger partial charge in [-0.1, -0.05) is 20.8 Å². The highest BCUT2D eigenvalue weighted by Gasteiger charge is 2.35. The van der Waals surface area contributed by atoms with Crippen LogP contribution in [0.2, 0.25) is 0 Å². The molecule has 1 aromatic rings. The molecule has 0 aliphatic rings. The maximum Gasteiger partial charge on any atom is 0.311 e. The number of carbonyl (C=O) groups is 2. The van der Waals surface area contributed by atoms with Crippen LogP contribution < -0.4 is 5.32 Å². The van der Waals surface area contributed by atoms with Gasteiger partial charge in [-0.3, -0.25) is 9.59 Å². The van der Waals surface area contributed by atoms with Gasteiger partial charge in [0.25, 0.3) is 5.91 Å². The van der Waals surface area contributed by atoms with Gasteiger partial charge in [-0.15, -0.1) is 0 Å². The first kappa shape index (κ1) is 15.3. The molecule has 2 N–H and O–H groups in total. The van der Waals surface area contributed by atoms with E-state index >= 15 is 0 Å². The molecule has 0 aliphatic heterocycles. The van der Waals surface area contributed by atoms with Crippen LogP contribution in [0, 0.1) is 5.41 Å². The first-order valence-electron chi connectivity index (χ1n) is 6.58. The molecule has 1 rings (SSSR count). The van der Waals surface area contributed by atoms with Crippen molar-refractivity contribution in [2.24, 2.45) is 5.41 Å². The lowest BCUT2D eigenvalue weighted by molar-refractivity contribution is -0.149. The Morgan fingerprint density at radius 3 is 2.42 bits per heavy atom. The van der Waals surface area contributed by atoms with Crippen molar-refractivity contribution in [3.63, 3.8) is 0 Å². The zero-order valence-electron chi connectivity index (χ0n) is 11.7. The molecule has 5 nitrogen and oxygen atoms in total. The minimum atomic E-state index is -0.897. The number of carbonyl (C=O) groups excluding carboxylic acids is 1. The molecule has 0 unspecified atom stereocenters. The third-order valence-electron chi connectivity index (χ3n) is 3.71. The molecule has 0 atom stereocenters. The molecule has 0 spiro atoms. The van der Waals surface area contributed by atoms with Crippen molar-refractivity contribution < 1.29 is 19.1 Å². The highest BCUT2D eigenvalue weighted by Crippen LogP contribution is 2.26. The van der Waals surface area contributed by atoms with Gasteiger partial charge in [0.05, 0.1) is 17.2 Å². The van der Waals surface area contributed by atoms with Crippen LogP contribution in [0.5, 0.6) is 0 Å². The third kappa shape index (κ3) is 3.16. The first-order valence-corrected chi connectivity index (χ1v) is 6.58. The molecule has 5 heteroatoms. The first-order chi connectivity index (χ1) is 9.00. The molecule has 1 amide bonds. The van der Waals surface area contributed by atoms with Crippen LogP contribution in [0.25, 0.3) is 0 Å². The molecule has 0 bridgehead atoms. The van der Waals surface area contributed by atoms with E-state index in [1.807, 2.05) is 20.8 Å². The summed E-state index contributed by atoms with van der Waals surface area (Å²) < 4.78 is 5.19. The van der Waals surface area contributed by atoms with E-state index in [0.29, 0.717) is 30.6 Å². The largest absolute Gasteiger partial charge is 0.481 e. The summed E-state index contributed by atoms with van der Waals surface area (Å²) >= 11 is 0. The van der Waals surface area contributed by atoms with E-state index in [-0.39, 0.29) is 12.5 Å². The topological polar surface area (TPSA) is 79.5 Å². The highest BCUT2D eigenvalue weighted by atomic mass is 16.4. The van der Waals surface area contributed by atoms with Crippen molar-refractivity contribution in [1.29, 1.82) is 0 Å². The molecule has 1 aromatic heterocycles. The summed E-state index contributed by atoms with van der Waals surface area (Å²) in [4.78, 5) is 23.4. The van der Waals surface area contributed by atoms with Crippen LogP contribution in [0.4, 0.5) is 0 Å². The molecule has 0 radical (unpaired) electrons. The molecule has 1 heterocycles. The van der Waals surface area contributed by atoms with Gasteiger partial charge < -0.3 is 14.8 Å². The van der Waals surface area contributed by atoms with Gasteiger partial charge in [0.15, 0.2) is 0 Å². The summed E-state index contributed by atoms with van der Waals surface area (Å²) in [5.41, 5.74) is -0.416. The number of aliphatic carboxylic acids is 1. The Labute approximate surface area is 113 Å². The van der Waals surface area contributed by atoms with E-state index in [1.54, 1.807) is 6.07 Å². The maximum atomic E-state index is 12.0. The zero-order valence-corrected chi connectivity index (χ0v) is 11.7. The lowest BCUT2D eigenvalue weighted by atomic mass is 9.82. The average Bonchev–Trinajstić information content (AvgIpc) is 2.88. The monoisotopic (exact) mass is 267 g/mol. The van der Waals surface area contributed by atoms with E-state index in [1.165, 1.54) is 6.26 Å². The Bertz CT molecular complexity index is 446. The number of carboxylic acids is 1. The highest BCUT2D eigenvalue weighted by molar-refractivity contribution is 5.95. The fourth-order valence-corrected chi connectivity index (χ4v) is 2.04. The number of furan rings is 1. The van der Waals surface area contributed by atoms with E-state index in [0.717, 1.165) is 0 Å². The van der Waals surface area contributed by atoms with Gasteiger partial charge in [-0.2, -0.15) is 0 Å². The molecule has 0 fully saturated rings. The molecule has 0 aromatic carbocycles. The Kier molecular flexibility index (Phi) is 5.15. The molecule has 0 saturated carbocycles. The summed E-state index contributed by atoms with van der Waals surface area (Å²) in [7, 11) is 0. The van der Waals surface area contributed by atoms with Crippen molar-refractivity contribution in [3.8, 4) is 0 Å². The van der Waals surface area contributed by atoms with E-state index in [9.17, 15) is 14.7 Å². The Morgan fingerprint density at radius 1 is 1.32 bits per heavy atom. The Morgan fingerprint density at radius 2 is 1.95 bits per heavy atom. The van der Waals surface area contributed by atoms with E-state index in [2.05, 4.69) is 5.32 Å². The number of carboxylic acid groups (broad SMARTS) is 1. The van der Waals surface area contributed by atoms with Crippen molar-refractivity contribution in [2.75, 3.05) is 6.54 Å². The second-order valence-corrected chi connectivity index (χ2v) is 4.59. The standard InChI is InChI=1S/C14H21NO4/c1-4-11-10(7-8-19-11)12(16)15-9-14(5-2,6-3)13(17)18/h7-8H,4-6,9H2,1-3H3,(H,15,16)(H,17,18). The van der Waals surface area contributed by atoms with E-state index < -0.39 is 11.4 Å². The molecular formula is C14H21NO4. The van der Waals surface area contributed by atoms with Crippen molar-refractivity contribution >= 4 is 11.9 Å². The predicted octanol–water partition coefficient (Wildman–Crippen LogP) is 2.46. The number of amides is 1. The Balaban J connectivity index is 2.75. The molecular weight excluding hydrogens is 246 g/mol. The van der Waals surface area contributed by atoms with Crippen LogP contribution in [0.3, 0.4) is 0 Å². The van der Waals surface area contributed by atoms with Crippen LogP contribution >= 0.6 is 0 Å². The van der Waals surface area contributed by atoms with Gasteiger partial charge >= 0.3 is 5.97 Å². The molecule has 0 saturated heterocycles. The number of hydrogen-bond donors (Lipinski definition) is 2. The normalized spacial score (nSPS) is 11.3. The summed E-state index contributed by atoms with van der Waals surface area (Å²) in [5.74, 6) is -0.537. The van der Waals surface area contributed by atoms with Gasteiger partial charge in [0.1, 0.15) is 5.76 Å². The number of rotatable bonds is 7. The summed E-state index contributed by atoms with van der Waals surface area (Å²) in [6.45, 7) is 5.66. The maximum absolute atomic E-state index is 12.0. The van der Waals surface area contributed by atoms with Gasteiger partial charge in [-0.25, -0.2) is 0 Å². The summed E-state index contributed by atoms with van der Waals surface area (Å²) in [6, 6.07) is 1.61. The number of nitrogens with one attached hydrogen (secondary N) is 1. The van der Waals surface area contributed by atoms with Crippen molar-refractivity contribution in [1.82, 2.24) is 5.32 Å². The molecule has 0 aliphatic carbocycles.